The molecule has 0 unspecified atom stereocenters. The summed E-state index contributed by atoms with van der Waals surface area (Å²) in [5.74, 6) is -4.29. The Bertz CT molecular complexity index is 1220. The molecular weight excluding hydrogens is 562 g/mol. The first-order chi connectivity index (χ1) is 19.1. The van der Waals surface area contributed by atoms with Crippen molar-refractivity contribution >= 4 is 41.6 Å². The average molecular weight is 598 g/mol. The number of carbonyl (C=O) groups excluding carboxylic acids is 5. The van der Waals surface area contributed by atoms with Crippen LogP contribution in [-0.4, -0.2) is 106 Å². The van der Waals surface area contributed by atoms with E-state index in [1.807, 2.05) is 0 Å². The van der Waals surface area contributed by atoms with Crippen LogP contribution in [0.3, 0.4) is 0 Å². The molecule has 15 heteroatoms. The van der Waals surface area contributed by atoms with Gasteiger partial charge in [0.1, 0.15) is 41.8 Å². The summed E-state index contributed by atoms with van der Waals surface area (Å²) in [6.07, 6.45) is -2.02. The number of hydrogen-bond acceptors (Lipinski definition) is 12. The topological polar surface area (TPSA) is 201 Å². The Balaban J connectivity index is 1.92. The van der Waals surface area contributed by atoms with Gasteiger partial charge in [-0.15, -0.1) is 0 Å². The molecule has 0 saturated carbocycles. The summed E-state index contributed by atoms with van der Waals surface area (Å²) in [6, 6.07) is -3.06. The fourth-order valence-corrected chi connectivity index (χ4v) is 5.45. The van der Waals surface area contributed by atoms with Gasteiger partial charge in [0.2, 0.25) is 11.8 Å². The van der Waals surface area contributed by atoms with E-state index >= 15 is 0 Å². The summed E-state index contributed by atoms with van der Waals surface area (Å²) in [7, 11) is 1.14. The lowest BCUT2D eigenvalue weighted by Gasteiger charge is -2.30. The van der Waals surface area contributed by atoms with Gasteiger partial charge in [-0.3, -0.25) is 14.5 Å². The zero-order chi connectivity index (χ0) is 30.6. The molecule has 2 aliphatic rings. The highest BCUT2D eigenvalue weighted by atomic mass is 32.2. The Morgan fingerprint density at radius 1 is 1.20 bits per heavy atom. The summed E-state index contributed by atoms with van der Waals surface area (Å²) in [4.78, 5) is 65.8. The summed E-state index contributed by atoms with van der Waals surface area (Å²) >= 11 is 1.10. The molecule has 0 aromatic heterocycles. The number of rotatable bonds is 3. The van der Waals surface area contributed by atoms with Crippen LogP contribution in [0.5, 0.6) is 11.5 Å². The summed E-state index contributed by atoms with van der Waals surface area (Å²) in [5, 5.41) is 36.0. The second-order valence-electron chi connectivity index (χ2n) is 10.6. The first-order valence-electron chi connectivity index (χ1n) is 12.8. The van der Waals surface area contributed by atoms with Crippen molar-refractivity contribution in [2.45, 2.75) is 69.7 Å². The van der Waals surface area contributed by atoms with Gasteiger partial charge in [0.05, 0.1) is 18.8 Å². The van der Waals surface area contributed by atoms with Gasteiger partial charge in [0.15, 0.2) is 0 Å². The zero-order valence-electron chi connectivity index (χ0n) is 23.4. The molecule has 3 amide bonds. The number of methoxy groups -OCH3 is 1. The number of fused-ring (bicyclic) bond motifs is 1. The first-order valence-corrected chi connectivity index (χ1v) is 14.0. The number of amides is 3. The van der Waals surface area contributed by atoms with Crippen LogP contribution in [0.15, 0.2) is 6.07 Å². The van der Waals surface area contributed by atoms with Crippen LogP contribution >= 0.6 is 11.8 Å². The number of phenols is 2. The number of cyclic esters (lactones) is 1. The van der Waals surface area contributed by atoms with Gasteiger partial charge in [0.25, 0.3) is 0 Å². The number of aliphatic hydroxyl groups is 1. The molecule has 1 aromatic rings. The Hall–Kier alpha value is -3.72. The predicted molar refractivity (Wildman–Crippen MR) is 144 cm³/mol. The van der Waals surface area contributed by atoms with E-state index in [2.05, 4.69) is 10.6 Å². The molecule has 226 valence electrons. The maximum atomic E-state index is 13.3. The van der Waals surface area contributed by atoms with Crippen molar-refractivity contribution in [3.63, 3.8) is 0 Å². The highest BCUT2D eigenvalue weighted by Crippen LogP contribution is 2.35. The molecule has 5 N–H and O–H groups in total. The second kappa shape index (κ2) is 12.9. The molecule has 1 fully saturated rings. The molecule has 2 aliphatic heterocycles. The molecule has 41 heavy (non-hydrogen) atoms. The predicted octanol–water partition coefficient (Wildman–Crippen LogP) is 0.323. The van der Waals surface area contributed by atoms with Crippen LogP contribution < -0.4 is 10.6 Å². The number of nitrogens with zero attached hydrogens (tertiary/aromatic N) is 1. The van der Waals surface area contributed by atoms with Gasteiger partial charge in [-0.25, -0.2) is 14.4 Å². The lowest BCUT2D eigenvalue weighted by Crippen LogP contribution is -2.59. The van der Waals surface area contributed by atoms with Crippen molar-refractivity contribution in [1.82, 2.24) is 15.5 Å². The van der Waals surface area contributed by atoms with Crippen molar-refractivity contribution in [3.05, 3.63) is 22.8 Å². The molecule has 14 nitrogen and oxygen atoms in total. The molecule has 0 spiro atoms. The molecular formula is C26H35N3O11S. The summed E-state index contributed by atoms with van der Waals surface area (Å²) < 4.78 is 15.5. The van der Waals surface area contributed by atoms with Gasteiger partial charge >= 0.3 is 18.0 Å². The molecule has 4 atom stereocenters. The maximum Gasteiger partial charge on any atom is 0.411 e. The fourth-order valence-electron chi connectivity index (χ4n) is 4.38. The standard InChI is InChI=1S/C26H35N3O11S/c1-12-17(31)8-18(32)13-10-41-11-15(23(35)38-5)28-21(33)14(9-39-24(36)19(12)13)27-22(34)20-16(30)6-7-29(20)25(37)40-26(2,3)4/h8,14-16,20,30-32H,6-7,9-11H2,1-5H3,(H,27,34)(H,28,33)/t14-,15-,16-,20+/m0/s1. The number of esters is 2. The Morgan fingerprint density at radius 2 is 1.88 bits per heavy atom. The van der Waals surface area contributed by atoms with E-state index in [4.69, 9.17) is 14.2 Å². The fraction of sp³-hybridized carbons (Fsp3) is 0.577. The summed E-state index contributed by atoms with van der Waals surface area (Å²) in [5.41, 5.74) is -0.727. The van der Waals surface area contributed by atoms with E-state index in [1.54, 1.807) is 20.8 Å². The van der Waals surface area contributed by atoms with E-state index in [0.717, 1.165) is 29.8 Å². The normalized spacial score (nSPS) is 23.7. The molecule has 1 saturated heterocycles. The quantitative estimate of drug-likeness (QED) is 0.236. The number of benzene rings is 1. The lowest BCUT2D eigenvalue weighted by atomic mass is 10.0. The van der Waals surface area contributed by atoms with Gasteiger partial charge in [-0.2, -0.15) is 11.8 Å². The minimum Gasteiger partial charge on any atom is -0.508 e. The van der Waals surface area contributed by atoms with Crippen LogP contribution in [0.2, 0.25) is 0 Å². The minimum absolute atomic E-state index is 0.0186. The molecule has 0 radical (unpaired) electrons. The third-order valence-electron chi connectivity index (χ3n) is 6.46. The van der Waals surface area contributed by atoms with Crippen LogP contribution in [0.4, 0.5) is 4.79 Å². The van der Waals surface area contributed by atoms with E-state index < -0.39 is 66.3 Å². The molecule has 0 aliphatic carbocycles. The van der Waals surface area contributed by atoms with E-state index in [0.29, 0.717) is 0 Å². The average Bonchev–Trinajstić information content (AvgIpc) is 3.27. The Morgan fingerprint density at radius 3 is 2.51 bits per heavy atom. The van der Waals surface area contributed by atoms with Crippen LogP contribution in [0, 0.1) is 6.92 Å². The highest BCUT2D eigenvalue weighted by molar-refractivity contribution is 7.98. The van der Waals surface area contributed by atoms with Crippen molar-refractivity contribution < 1.29 is 53.5 Å². The number of carbonyl (C=O) groups is 5. The third kappa shape index (κ3) is 7.52. The van der Waals surface area contributed by atoms with Crippen molar-refractivity contribution in [2.24, 2.45) is 0 Å². The number of phenolic OH excluding ortho intramolecular Hbond substituents is 2. The van der Waals surface area contributed by atoms with Gasteiger partial charge in [-0.05, 0) is 34.1 Å². The van der Waals surface area contributed by atoms with E-state index in [1.165, 1.54) is 6.92 Å². The molecule has 3 rings (SSSR count). The van der Waals surface area contributed by atoms with Crippen molar-refractivity contribution in [3.8, 4) is 11.5 Å². The number of hydrogen-bond donors (Lipinski definition) is 5. The summed E-state index contributed by atoms with van der Waals surface area (Å²) in [6.45, 7) is 5.68. The monoisotopic (exact) mass is 597 g/mol. The molecule has 2 heterocycles. The minimum atomic E-state index is -1.56. The number of thioether (sulfide) groups is 1. The number of likely N-dealkylation sites (tertiary alicyclic amines) is 1. The Labute approximate surface area is 240 Å². The Kier molecular flexibility index (Phi) is 9.97. The first kappa shape index (κ1) is 31.8. The zero-order valence-corrected chi connectivity index (χ0v) is 24.2. The number of nitrogens with one attached hydrogen (secondary N) is 2. The number of aromatic hydroxyl groups is 2. The largest absolute Gasteiger partial charge is 0.508 e. The highest BCUT2D eigenvalue weighted by Gasteiger charge is 2.44. The smallest absolute Gasteiger partial charge is 0.411 e. The van der Waals surface area contributed by atoms with Crippen LogP contribution in [0.25, 0.3) is 0 Å². The third-order valence-corrected chi connectivity index (χ3v) is 7.52. The molecule has 1 aromatic carbocycles. The van der Waals surface area contributed by atoms with Gasteiger partial charge < -0.3 is 40.2 Å². The second-order valence-corrected chi connectivity index (χ2v) is 11.7. The lowest BCUT2D eigenvalue weighted by molar-refractivity contribution is -0.145. The van der Waals surface area contributed by atoms with E-state index in [-0.39, 0.29) is 52.7 Å². The SMILES string of the molecule is COC(=O)[C@@H]1CSCc2c(O)cc(O)c(C)c2C(=O)OC[C@H](NC(=O)[C@H]2[C@@H](O)CCN2C(=O)OC(C)(C)C)C(=O)N1. The van der Waals surface area contributed by atoms with Crippen molar-refractivity contribution in [1.29, 1.82) is 0 Å². The van der Waals surface area contributed by atoms with Gasteiger partial charge in [-0.1, -0.05) is 0 Å². The van der Waals surface area contributed by atoms with Crippen molar-refractivity contribution in [2.75, 3.05) is 26.0 Å². The van der Waals surface area contributed by atoms with Crippen LogP contribution in [0.1, 0.15) is 48.7 Å². The van der Waals surface area contributed by atoms with E-state index in [9.17, 15) is 39.3 Å². The van der Waals surface area contributed by atoms with Gasteiger partial charge in [0, 0.05) is 35.2 Å². The number of aliphatic hydroxyl groups excluding tert-OH is 1. The maximum absolute atomic E-state index is 13.3. The van der Waals surface area contributed by atoms with Crippen LogP contribution in [-0.2, 0) is 34.3 Å². The molecule has 0 bridgehead atoms. The number of ether oxygens (including phenoxy) is 3.